The average molecular weight is 964 g/mol. The van der Waals surface area contributed by atoms with Gasteiger partial charge in [-0.3, -0.25) is 18.9 Å². The van der Waals surface area contributed by atoms with Crippen molar-refractivity contribution in [2.24, 2.45) is 46.3 Å². The van der Waals surface area contributed by atoms with Crippen LogP contribution in [0.3, 0.4) is 0 Å². The molecule has 4 aliphatic carbocycles. The van der Waals surface area contributed by atoms with Crippen LogP contribution < -0.4 is 4.89 Å². The molecule has 0 aromatic carbocycles. The van der Waals surface area contributed by atoms with Crippen molar-refractivity contribution in [2.45, 2.75) is 227 Å². The van der Waals surface area contributed by atoms with Crippen LogP contribution in [0.1, 0.15) is 215 Å². The number of esters is 3. The molecule has 0 amide bonds. The summed E-state index contributed by atoms with van der Waals surface area (Å²) in [5, 5.41) is 0. The Kier molecular flexibility index (Phi) is 24.4. The van der Waals surface area contributed by atoms with Gasteiger partial charge in [-0.15, -0.1) is 0 Å². The summed E-state index contributed by atoms with van der Waals surface area (Å²) in [5.74, 6) is 3.00. The fourth-order valence-corrected chi connectivity index (χ4v) is 13.5. The summed E-state index contributed by atoms with van der Waals surface area (Å²) in [6, 6.07) is 0. The van der Waals surface area contributed by atoms with E-state index in [0.717, 1.165) is 74.5 Å². The highest BCUT2D eigenvalue weighted by molar-refractivity contribution is 7.45. The third-order valence-electron chi connectivity index (χ3n) is 16.7. The Bertz CT molecular complexity index is 1580. The number of likely N-dealkylation sites (N-methyl/N-ethyl adjacent to an activating group) is 1. The molecule has 0 bridgehead atoms. The smallest absolute Gasteiger partial charge is 0.306 e. The zero-order valence-electron chi connectivity index (χ0n) is 44.1. The molecule has 0 N–H and O–H groups in total. The van der Waals surface area contributed by atoms with Gasteiger partial charge in [0, 0.05) is 12.8 Å². The van der Waals surface area contributed by atoms with E-state index in [1.165, 1.54) is 108 Å². The van der Waals surface area contributed by atoms with Crippen LogP contribution in [0.15, 0.2) is 11.6 Å². The number of carbonyl (C=O) groups is 3. The number of quaternary nitrogens is 1. The molecular formula is C55H98NO10P. The van der Waals surface area contributed by atoms with Gasteiger partial charge < -0.3 is 32.6 Å². The second kappa shape index (κ2) is 28.3. The van der Waals surface area contributed by atoms with Crippen LogP contribution in [0.25, 0.3) is 0 Å². The van der Waals surface area contributed by atoms with Crippen molar-refractivity contribution in [1.82, 2.24) is 0 Å². The molecule has 4 aliphatic rings. The summed E-state index contributed by atoms with van der Waals surface area (Å²) >= 11 is 0. The molecule has 3 fully saturated rings. The number of phosphoric acid groups is 1. The first-order valence-electron chi connectivity index (χ1n) is 27.4. The summed E-state index contributed by atoms with van der Waals surface area (Å²) < 4.78 is 40.2. The standard InChI is InChI=1S/C55H98NO10P/c1-10-11-12-13-14-15-16-17-18-19-20-21-22-26-52(58)66-46(41-64-67(60,61)63-38-37-56(7,8)9)40-62-51(57)31-32-53(59)65-45-33-35-54(5)44(39-45)27-28-47-49-30-29-48(43(4)25-23-24-42(2)3)55(49,6)36-34-50(47)54/h27,42-43,45-50H,10-26,28-41H2,1-9H3/t43-,45?,46-,47+,48-,49+,50+,54+,55-/m1/s1. The number of ether oxygens (including phenoxy) is 3. The van der Waals surface area contributed by atoms with E-state index < -0.39 is 45.0 Å². The number of rotatable bonds is 33. The van der Waals surface area contributed by atoms with Crippen molar-refractivity contribution in [3.63, 3.8) is 0 Å². The molecule has 388 valence electrons. The Morgan fingerprint density at radius 2 is 1.39 bits per heavy atom. The molecule has 4 rings (SSSR count). The van der Waals surface area contributed by atoms with E-state index in [-0.39, 0.29) is 37.4 Å². The summed E-state index contributed by atoms with van der Waals surface area (Å²) in [6.07, 6.45) is 29.5. The maximum Gasteiger partial charge on any atom is 0.306 e. The first-order chi connectivity index (χ1) is 31.8. The van der Waals surface area contributed by atoms with Crippen molar-refractivity contribution in [3.05, 3.63) is 11.6 Å². The van der Waals surface area contributed by atoms with Crippen molar-refractivity contribution in [3.8, 4) is 0 Å². The van der Waals surface area contributed by atoms with Gasteiger partial charge in [-0.05, 0) is 97.7 Å². The number of carbonyl (C=O) groups excluding carboxylic acids is 3. The molecule has 11 nitrogen and oxygen atoms in total. The van der Waals surface area contributed by atoms with Gasteiger partial charge >= 0.3 is 17.9 Å². The van der Waals surface area contributed by atoms with Crippen LogP contribution in [0.4, 0.5) is 0 Å². The van der Waals surface area contributed by atoms with Crippen LogP contribution in [0, 0.1) is 46.3 Å². The fraction of sp³-hybridized carbons (Fsp3) is 0.909. The molecule has 0 radical (unpaired) electrons. The van der Waals surface area contributed by atoms with Gasteiger partial charge in [-0.25, -0.2) is 0 Å². The van der Waals surface area contributed by atoms with E-state index in [9.17, 15) is 23.8 Å². The van der Waals surface area contributed by atoms with E-state index >= 15 is 0 Å². The summed E-state index contributed by atoms with van der Waals surface area (Å²) in [7, 11) is 1.03. The Hall–Kier alpha value is -1.78. The molecule has 0 aromatic rings. The Morgan fingerprint density at radius 1 is 0.746 bits per heavy atom. The molecule has 3 saturated carbocycles. The molecule has 10 atom stereocenters. The topological polar surface area (TPSA) is 137 Å². The van der Waals surface area contributed by atoms with Gasteiger partial charge in [0.25, 0.3) is 7.82 Å². The second-order valence-corrected chi connectivity index (χ2v) is 24.9. The minimum Gasteiger partial charge on any atom is -0.756 e. The predicted octanol–water partition coefficient (Wildman–Crippen LogP) is 12.9. The van der Waals surface area contributed by atoms with E-state index in [2.05, 4.69) is 47.6 Å². The van der Waals surface area contributed by atoms with Crippen LogP contribution in [-0.2, 0) is 42.2 Å². The van der Waals surface area contributed by atoms with Gasteiger partial charge in [-0.2, -0.15) is 0 Å². The highest BCUT2D eigenvalue weighted by Gasteiger charge is 2.59. The first-order valence-corrected chi connectivity index (χ1v) is 28.9. The third-order valence-corrected chi connectivity index (χ3v) is 17.7. The molecular weight excluding hydrogens is 866 g/mol. The van der Waals surface area contributed by atoms with Crippen molar-refractivity contribution in [1.29, 1.82) is 0 Å². The highest BCUT2D eigenvalue weighted by Crippen LogP contribution is 2.67. The van der Waals surface area contributed by atoms with Crippen LogP contribution in [0.5, 0.6) is 0 Å². The van der Waals surface area contributed by atoms with Crippen molar-refractivity contribution in [2.75, 3.05) is 47.5 Å². The predicted molar refractivity (Wildman–Crippen MR) is 266 cm³/mol. The Labute approximate surface area is 408 Å². The number of fused-ring (bicyclic) bond motifs is 5. The number of phosphoric ester groups is 1. The molecule has 0 heterocycles. The molecule has 12 heteroatoms. The van der Waals surface area contributed by atoms with E-state index in [0.29, 0.717) is 28.8 Å². The average Bonchev–Trinajstić information content (AvgIpc) is 3.62. The lowest BCUT2D eigenvalue weighted by atomic mass is 9.47. The number of allylic oxidation sites excluding steroid dienone is 1. The number of hydrogen-bond acceptors (Lipinski definition) is 10. The zero-order valence-corrected chi connectivity index (χ0v) is 45.0. The third kappa shape index (κ3) is 19.4. The monoisotopic (exact) mass is 964 g/mol. The fourth-order valence-electron chi connectivity index (χ4n) is 12.7. The minimum atomic E-state index is -4.71. The lowest BCUT2D eigenvalue weighted by molar-refractivity contribution is -0.870. The molecule has 2 unspecified atom stereocenters. The second-order valence-electron chi connectivity index (χ2n) is 23.5. The van der Waals surface area contributed by atoms with Gasteiger partial charge in [-0.1, -0.05) is 150 Å². The molecule has 67 heavy (non-hydrogen) atoms. The molecule has 0 saturated heterocycles. The molecule has 0 aliphatic heterocycles. The van der Waals surface area contributed by atoms with Crippen molar-refractivity contribution >= 4 is 25.7 Å². The Morgan fingerprint density at radius 3 is 2.03 bits per heavy atom. The quantitative estimate of drug-likeness (QED) is 0.0156. The van der Waals surface area contributed by atoms with Gasteiger partial charge in [0.05, 0.1) is 40.6 Å². The highest BCUT2D eigenvalue weighted by atomic mass is 31.2. The zero-order chi connectivity index (χ0) is 49.1. The SMILES string of the molecule is CCCCCCCCCCCCCCCC(=O)O[C@H](COC(=O)CCC(=O)OC1CC[C@@]2(C)C(=CC[C@H]3[C@@H]4CC[C@H]([C@H](C)CCCC(C)C)[C@@]4(C)CC[C@@H]32)C1)COP(=O)([O-])OCC[N+](C)(C)C. The Balaban J connectivity index is 1.19. The van der Waals surface area contributed by atoms with Crippen molar-refractivity contribution < 1.29 is 51.6 Å². The normalized spacial score (nSPS) is 27.8. The van der Waals surface area contributed by atoms with Crippen LogP contribution in [0.2, 0.25) is 0 Å². The van der Waals surface area contributed by atoms with Gasteiger partial charge in [0.1, 0.15) is 25.9 Å². The maximum absolute atomic E-state index is 13.1. The van der Waals surface area contributed by atoms with Gasteiger partial charge in [0.2, 0.25) is 0 Å². The van der Waals surface area contributed by atoms with Gasteiger partial charge in [0.15, 0.2) is 6.10 Å². The summed E-state index contributed by atoms with van der Waals surface area (Å²) in [5.41, 5.74) is 2.04. The first kappa shape index (κ1) is 57.8. The van der Waals surface area contributed by atoms with Crippen LogP contribution in [-0.4, -0.2) is 82.1 Å². The number of unbranched alkanes of at least 4 members (excludes halogenated alkanes) is 12. The van der Waals surface area contributed by atoms with Crippen LogP contribution >= 0.6 is 7.82 Å². The number of hydrogen-bond donors (Lipinski definition) is 0. The van der Waals surface area contributed by atoms with E-state index in [1.807, 2.05) is 21.1 Å². The largest absolute Gasteiger partial charge is 0.756 e. The summed E-state index contributed by atoms with van der Waals surface area (Å²) in [6.45, 7) is 14.0. The molecule has 0 spiro atoms. The minimum absolute atomic E-state index is 0.0731. The number of nitrogens with zero attached hydrogens (tertiary/aromatic N) is 1. The van der Waals surface area contributed by atoms with E-state index in [1.54, 1.807) is 0 Å². The molecule has 0 aromatic heterocycles. The summed E-state index contributed by atoms with van der Waals surface area (Å²) in [4.78, 5) is 51.4. The van der Waals surface area contributed by atoms with E-state index in [4.69, 9.17) is 23.3 Å². The lowest BCUT2D eigenvalue weighted by Gasteiger charge is -2.58. The maximum atomic E-state index is 13.1. The lowest BCUT2D eigenvalue weighted by Crippen LogP contribution is -2.51.